The number of rotatable bonds is 21. The Morgan fingerprint density at radius 3 is 2.10 bits per heavy atom. The molecule has 0 saturated carbocycles. The second kappa shape index (κ2) is 33.1. The monoisotopic (exact) mass is 1220 g/mol. The third-order valence-electron chi connectivity index (χ3n) is 15.4. The van der Waals surface area contributed by atoms with E-state index in [0.717, 1.165) is 51.8 Å². The first-order valence-electron chi connectivity index (χ1n) is 29.2. The summed E-state index contributed by atoms with van der Waals surface area (Å²) in [4.78, 5) is 120. The van der Waals surface area contributed by atoms with Crippen molar-refractivity contribution in [3.8, 4) is 0 Å². The van der Waals surface area contributed by atoms with Crippen LogP contribution in [0.2, 0.25) is 0 Å². The Hall–Kier alpha value is -7.20. The molecule has 1 aliphatic heterocycles. The maximum atomic E-state index is 15.1. The number of carbonyl (C=O) groups is 8. The van der Waals surface area contributed by atoms with Crippen molar-refractivity contribution in [3.05, 3.63) is 119 Å². The maximum Gasteiger partial charge on any atom is 0.245 e. The van der Waals surface area contributed by atoms with Crippen molar-refractivity contribution >= 4 is 79.6 Å². The van der Waals surface area contributed by atoms with Crippen molar-refractivity contribution in [1.82, 2.24) is 57.2 Å². The minimum atomic E-state index is -1.68. The second-order valence-corrected chi connectivity index (χ2v) is 24.5. The van der Waals surface area contributed by atoms with Crippen LogP contribution in [0.5, 0.6) is 0 Å². The summed E-state index contributed by atoms with van der Waals surface area (Å²) in [6.07, 6.45) is 1.79. The zero-order valence-electron chi connectivity index (χ0n) is 48.3. The predicted molar refractivity (Wildman–Crippen MR) is 324 cm³/mol. The van der Waals surface area contributed by atoms with E-state index < -0.39 is 127 Å². The van der Waals surface area contributed by atoms with Gasteiger partial charge >= 0.3 is 0 Å². The van der Waals surface area contributed by atoms with E-state index in [1.54, 1.807) is 66.9 Å². The Labute approximate surface area is 506 Å². The summed E-state index contributed by atoms with van der Waals surface area (Å²) in [6, 6.07) is 15.0. The molecule has 1 fully saturated rings. The number of unbranched alkanes of at least 4 members (excludes halogenated alkanes) is 1. The van der Waals surface area contributed by atoms with Crippen molar-refractivity contribution in [2.75, 3.05) is 24.7 Å². The van der Waals surface area contributed by atoms with Gasteiger partial charge in [-0.15, -0.1) is 5.10 Å². The number of hydrogen-bond acceptors (Lipinski definition) is 17. The number of aliphatic hydroxyl groups excluding tert-OH is 4. The van der Waals surface area contributed by atoms with Gasteiger partial charge < -0.3 is 68.4 Å². The molecule has 3 heterocycles. The summed E-state index contributed by atoms with van der Waals surface area (Å²) in [5, 5.41) is 70.9. The van der Waals surface area contributed by atoms with E-state index in [9.17, 15) is 49.2 Å². The quantitative estimate of drug-likeness (QED) is 0.0358. The smallest absolute Gasteiger partial charge is 0.245 e. The Morgan fingerprint density at radius 2 is 1.41 bits per heavy atom. The zero-order valence-corrected chi connectivity index (χ0v) is 50.0. The van der Waals surface area contributed by atoms with Crippen LogP contribution in [0.1, 0.15) is 99.4 Å². The Kier molecular flexibility index (Phi) is 25.5. The molecule has 2 aromatic heterocycles. The van der Waals surface area contributed by atoms with Gasteiger partial charge in [0.25, 0.3) is 0 Å². The lowest BCUT2D eigenvalue weighted by Gasteiger charge is -2.29. The predicted octanol–water partition coefficient (Wildman–Crippen LogP) is 0.884. The van der Waals surface area contributed by atoms with Crippen molar-refractivity contribution in [2.45, 2.75) is 158 Å². The van der Waals surface area contributed by atoms with Gasteiger partial charge in [-0.1, -0.05) is 119 Å². The summed E-state index contributed by atoms with van der Waals surface area (Å²) < 4.78 is 1.41. The van der Waals surface area contributed by atoms with Crippen molar-refractivity contribution < 1.29 is 58.8 Å². The molecule has 1 aliphatic carbocycles. The molecule has 464 valence electrons. The average Bonchev–Trinajstić information content (AvgIpc) is 4.11. The highest BCUT2D eigenvalue weighted by atomic mass is 33.1. The number of amides is 7. The van der Waals surface area contributed by atoms with E-state index in [1.165, 1.54) is 18.5 Å². The van der Waals surface area contributed by atoms with Crippen LogP contribution in [0.3, 0.4) is 0 Å². The highest BCUT2D eigenvalue weighted by molar-refractivity contribution is 8.76. The molecule has 24 nitrogen and oxygen atoms in total. The number of ketones is 1. The summed E-state index contributed by atoms with van der Waals surface area (Å²) in [5.41, 5.74) is 9.49. The highest BCUT2D eigenvalue weighted by Crippen LogP contribution is 2.28. The molecule has 3 aromatic carbocycles. The molecule has 11 atom stereocenters. The molecule has 0 radical (unpaired) electrons. The number of fused-ring (bicyclic) bond motifs is 2. The van der Waals surface area contributed by atoms with E-state index in [1.807, 2.05) is 24.3 Å². The first-order valence-corrected chi connectivity index (χ1v) is 31.7. The number of aliphatic hydroxyl groups is 4. The number of aromatic nitrogens is 4. The van der Waals surface area contributed by atoms with Crippen LogP contribution in [-0.2, 0) is 70.6 Å². The molecule has 0 spiro atoms. The third-order valence-corrected chi connectivity index (χ3v) is 17.8. The molecule has 2 aliphatic rings. The topological polar surface area (TPSA) is 374 Å². The number of nitrogens with one attached hydrogen (secondary N) is 8. The van der Waals surface area contributed by atoms with E-state index in [0.29, 0.717) is 53.8 Å². The van der Waals surface area contributed by atoms with Gasteiger partial charge in [0.15, 0.2) is 5.78 Å². The fraction of sp³-hybridized carbons (Fsp3) is 0.500. The Balaban J connectivity index is 1.26. The fourth-order valence-electron chi connectivity index (χ4n) is 10.3. The third kappa shape index (κ3) is 19.1. The van der Waals surface area contributed by atoms with Crippen LogP contribution in [0.4, 0.5) is 0 Å². The van der Waals surface area contributed by atoms with Gasteiger partial charge in [0.05, 0.1) is 30.0 Å². The van der Waals surface area contributed by atoms with Crippen LogP contribution in [-0.4, -0.2) is 167 Å². The summed E-state index contributed by atoms with van der Waals surface area (Å²) >= 11 is 0. The van der Waals surface area contributed by atoms with Crippen molar-refractivity contribution in [2.24, 2.45) is 11.7 Å². The molecule has 11 unspecified atom stereocenters. The molecule has 7 amide bonds. The van der Waals surface area contributed by atoms with E-state index >= 15 is 9.59 Å². The van der Waals surface area contributed by atoms with Crippen molar-refractivity contribution in [3.63, 3.8) is 0 Å². The molecule has 26 heteroatoms. The average molecular weight is 1230 g/mol. The number of Topliss-reactive ketones (excluding diaryl/α,β-unsaturated/α-hetero) is 1. The van der Waals surface area contributed by atoms with Gasteiger partial charge in [-0.2, -0.15) is 0 Å². The molecule has 0 bridgehead atoms. The van der Waals surface area contributed by atoms with Gasteiger partial charge in [0.1, 0.15) is 48.5 Å². The van der Waals surface area contributed by atoms with Gasteiger partial charge in [0, 0.05) is 66.8 Å². The lowest BCUT2D eigenvalue weighted by Crippen LogP contribution is -2.62. The number of H-pyrrole nitrogens is 1. The first-order chi connectivity index (χ1) is 41.4. The minimum Gasteiger partial charge on any atom is -0.396 e. The van der Waals surface area contributed by atoms with E-state index in [2.05, 4.69) is 52.5 Å². The number of nitrogens with two attached hydrogens (primary N) is 1. The standard InChI is InChI=1S/C60H80N12O12S2/c1-35(74)40(32-73)29-51(77)47-33-85-86-34-48(68-56(80)44(26-37-16-6-3-7-17-37)63-52(78)31-72-49-23-10-5-11-24-50(76)54(49)70-71-72)59(83)65-45(27-38-18-8-4-9-19-38)57(81)66-46(28-39-30-62-42-21-13-12-20-41(39)42)58(82)64-43(22-14-15-25-61)55(79)69-53(36(2)75)60(84)67-47/h3-4,6-9,12-13,16-21,30,35-36,40,43-48,50,53,62,73-76H,5,10-11,14-15,22-29,31-34,61H2,1-2H3,(H,63,78)(H,64,82)(H,65,83)(H,66,81)(H,67,84)(H,68,80)(H,69,79). The molecule has 5 aromatic rings. The van der Waals surface area contributed by atoms with Crippen LogP contribution in [0, 0.1) is 5.92 Å². The normalized spacial score (nSPS) is 22.8. The van der Waals surface area contributed by atoms with Crippen LogP contribution < -0.4 is 43.0 Å². The summed E-state index contributed by atoms with van der Waals surface area (Å²) in [5.74, 6) is -7.71. The summed E-state index contributed by atoms with van der Waals surface area (Å²) in [7, 11) is 2.03. The highest BCUT2D eigenvalue weighted by Gasteiger charge is 2.37. The molecular formula is C60H80N12O12S2. The molecule has 1 saturated heterocycles. The Morgan fingerprint density at radius 1 is 0.756 bits per heavy atom. The van der Waals surface area contributed by atoms with Gasteiger partial charge in [-0.25, -0.2) is 4.68 Å². The maximum absolute atomic E-state index is 15.1. The largest absolute Gasteiger partial charge is 0.396 e. The van der Waals surface area contributed by atoms with Gasteiger partial charge in [-0.3, -0.25) is 38.4 Å². The number of aromatic amines is 1. The molecular weight excluding hydrogens is 1140 g/mol. The SMILES string of the molecule is CC(O)C(CO)CC(=O)C1CSSCC(NC(=O)C(Cc2ccccc2)NC(=O)Cn2nnc3c2CCCCCC3O)C(=O)NC(Cc2ccccc2)C(=O)NC(Cc2c[nH]c3ccccc23)C(=O)NC(CCCCN)C(=O)NC(C(C)O)C(=O)N1. The number of para-hydroxylation sites is 1. The van der Waals surface area contributed by atoms with E-state index in [4.69, 9.17) is 5.73 Å². The zero-order chi connectivity index (χ0) is 61.7. The number of carbonyl (C=O) groups excluding carboxylic acids is 8. The first kappa shape index (κ1) is 66.3. The summed E-state index contributed by atoms with van der Waals surface area (Å²) in [6.45, 7) is 1.99. The lowest BCUT2D eigenvalue weighted by atomic mass is 9.95. The molecule has 86 heavy (non-hydrogen) atoms. The Bertz CT molecular complexity index is 3080. The lowest BCUT2D eigenvalue weighted by molar-refractivity contribution is -0.136. The van der Waals surface area contributed by atoms with Crippen LogP contribution >= 0.6 is 21.6 Å². The number of benzene rings is 3. The number of nitrogens with zero attached hydrogens (tertiary/aromatic N) is 3. The minimum absolute atomic E-state index is 0.0117. The second-order valence-electron chi connectivity index (χ2n) is 22.0. The van der Waals surface area contributed by atoms with Crippen molar-refractivity contribution in [1.29, 1.82) is 0 Å². The van der Waals surface area contributed by atoms with Crippen LogP contribution in [0.15, 0.2) is 91.1 Å². The molecule has 7 rings (SSSR count). The molecule has 14 N–H and O–H groups in total. The van der Waals surface area contributed by atoms with E-state index in [-0.39, 0.29) is 50.3 Å². The van der Waals surface area contributed by atoms with Gasteiger partial charge in [0.2, 0.25) is 41.4 Å². The van der Waals surface area contributed by atoms with Crippen LogP contribution in [0.25, 0.3) is 10.9 Å². The van der Waals surface area contributed by atoms with Gasteiger partial charge in [-0.05, 0) is 81.7 Å². The number of hydrogen-bond donors (Lipinski definition) is 13. The fourth-order valence-corrected chi connectivity index (χ4v) is 12.7.